The Morgan fingerprint density at radius 2 is 1.64 bits per heavy atom. The molecule has 1 aliphatic heterocycles. The van der Waals surface area contributed by atoms with E-state index in [0.717, 1.165) is 28.4 Å². The second-order valence-corrected chi connectivity index (χ2v) is 10.2. The number of para-hydroxylation sites is 1. The first-order valence-corrected chi connectivity index (χ1v) is 12.6. The number of aryl methyl sites for hydroxylation is 1. The first-order chi connectivity index (χ1) is 16.0. The Morgan fingerprint density at radius 1 is 0.939 bits per heavy atom. The summed E-state index contributed by atoms with van der Waals surface area (Å²) in [6.07, 6.45) is 2.47. The van der Waals surface area contributed by atoms with E-state index in [1.54, 1.807) is 30.5 Å². The van der Waals surface area contributed by atoms with Gasteiger partial charge in [-0.05, 0) is 36.4 Å². The number of halogens is 1. The molecule has 170 valence electrons. The van der Waals surface area contributed by atoms with Crippen molar-refractivity contribution in [2.45, 2.75) is 18.2 Å². The summed E-state index contributed by atoms with van der Waals surface area (Å²) in [4.78, 5) is 11.9. The van der Waals surface area contributed by atoms with Gasteiger partial charge in [0.05, 0.1) is 22.2 Å². The molecule has 0 spiro atoms. The molecule has 2 aromatic heterocycles. The summed E-state index contributed by atoms with van der Waals surface area (Å²) in [5.74, 6) is 1.52. The van der Waals surface area contributed by atoms with Crippen LogP contribution in [0.15, 0.2) is 65.7 Å². The average molecular weight is 483 g/mol. The predicted molar refractivity (Wildman–Crippen MR) is 128 cm³/mol. The predicted octanol–water partition coefficient (Wildman–Crippen LogP) is 3.54. The standard InChI is InChI=1S/C23H23ClN6O2S/c1-2-21-26-22(20-16-25-30(23(20)27-21)18-6-4-3-5-7-18)28-12-14-29(15-13-28)33(31,32)19-10-8-17(24)9-11-19/h3-11,16H,2,12-15H2,1H3. The molecule has 3 heterocycles. The number of benzene rings is 2. The maximum atomic E-state index is 13.0. The van der Waals surface area contributed by atoms with Crippen LogP contribution < -0.4 is 4.90 Å². The van der Waals surface area contributed by atoms with Crippen LogP contribution in [0, 0.1) is 0 Å². The largest absolute Gasteiger partial charge is 0.353 e. The normalized spacial score (nSPS) is 15.3. The lowest BCUT2D eigenvalue weighted by Crippen LogP contribution is -2.49. The molecular formula is C23H23ClN6O2S. The lowest BCUT2D eigenvalue weighted by molar-refractivity contribution is 0.384. The van der Waals surface area contributed by atoms with Crippen LogP contribution in [0.25, 0.3) is 16.7 Å². The molecule has 5 rings (SSSR count). The van der Waals surface area contributed by atoms with Crippen LogP contribution in [0.1, 0.15) is 12.7 Å². The minimum atomic E-state index is -3.57. The van der Waals surface area contributed by atoms with Crippen LogP contribution in [0.2, 0.25) is 5.02 Å². The van der Waals surface area contributed by atoms with Gasteiger partial charge in [0.15, 0.2) is 5.65 Å². The van der Waals surface area contributed by atoms with Gasteiger partial charge in [-0.2, -0.15) is 9.40 Å². The van der Waals surface area contributed by atoms with Crippen molar-refractivity contribution in [1.29, 1.82) is 0 Å². The van der Waals surface area contributed by atoms with Gasteiger partial charge in [0.25, 0.3) is 0 Å². The molecule has 0 radical (unpaired) electrons. The number of hydrogen-bond acceptors (Lipinski definition) is 6. The van der Waals surface area contributed by atoms with E-state index in [1.807, 2.05) is 41.9 Å². The fourth-order valence-corrected chi connectivity index (χ4v) is 5.54. The van der Waals surface area contributed by atoms with Gasteiger partial charge >= 0.3 is 0 Å². The van der Waals surface area contributed by atoms with Crippen molar-refractivity contribution in [3.63, 3.8) is 0 Å². The van der Waals surface area contributed by atoms with Gasteiger partial charge < -0.3 is 4.90 Å². The summed E-state index contributed by atoms with van der Waals surface area (Å²) in [5, 5.41) is 5.93. The Balaban J connectivity index is 1.44. The minimum absolute atomic E-state index is 0.252. The molecule has 1 fully saturated rings. The number of aromatic nitrogens is 4. The highest BCUT2D eigenvalue weighted by molar-refractivity contribution is 7.89. The molecule has 10 heteroatoms. The molecule has 0 amide bonds. The van der Waals surface area contributed by atoms with Crippen molar-refractivity contribution in [2.75, 3.05) is 31.1 Å². The van der Waals surface area contributed by atoms with Crippen molar-refractivity contribution in [3.8, 4) is 5.69 Å². The van der Waals surface area contributed by atoms with Crippen LogP contribution in [0.4, 0.5) is 5.82 Å². The van der Waals surface area contributed by atoms with Gasteiger partial charge in [-0.25, -0.2) is 23.1 Å². The molecule has 0 atom stereocenters. The maximum absolute atomic E-state index is 13.0. The zero-order valence-corrected chi connectivity index (χ0v) is 19.7. The number of anilines is 1. The third kappa shape index (κ3) is 4.07. The summed E-state index contributed by atoms with van der Waals surface area (Å²) in [5.41, 5.74) is 1.68. The lowest BCUT2D eigenvalue weighted by atomic mass is 10.3. The fourth-order valence-electron chi connectivity index (χ4n) is 3.99. The van der Waals surface area contributed by atoms with Crippen LogP contribution >= 0.6 is 11.6 Å². The highest BCUT2D eigenvalue weighted by Crippen LogP contribution is 2.28. The van der Waals surface area contributed by atoms with E-state index in [2.05, 4.69) is 10.00 Å². The Hall–Kier alpha value is -3.01. The topological polar surface area (TPSA) is 84.2 Å². The first-order valence-electron chi connectivity index (χ1n) is 10.8. The van der Waals surface area contributed by atoms with Gasteiger partial charge in [0.1, 0.15) is 11.6 Å². The smallest absolute Gasteiger partial charge is 0.243 e. The number of rotatable bonds is 5. The van der Waals surface area contributed by atoms with Gasteiger partial charge in [-0.1, -0.05) is 36.7 Å². The van der Waals surface area contributed by atoms with Gasteiger partial charge in [-0.3, -0.25) is 0 Å². The van der Waals surface area contributed by atoms with Crippen molar-refractivity contribution < 1.29 is 8.42 Å². The number of fused-ring (bicyclic) bond motifs is 1. The molecular weight excluding hydrogens is 460 g/mol. The minimum Gasteiger partial charge on any atom is -0.353 e. The maximum Gasteiger partial charge on any atom is 0.243 e. The summed E-state index contributed by atoms with van der Waals surface area (Å²) in [6, 6.07) is 16.1. The molecule has 0 bridgehead atoms. The van der Waals surface area contributed by atoms with Crippen molar-refractivity contribution in [1.82, 2.24) is 24.1 Å². The number of sulfonamides is 1. The van der Waals surface area contributed by atoms with Crippen LogP contribution in [-0.2, 0) is 16.4 Å². The SMILES string of the molecule is CCc1nc(N2CCN(S(=O)(=O)c3ccc(Cl)cc3)CC2)c2cnn(-c3ccccc3)c2n1. The third-order valence-electron chi connectivity index (χ3n) is 5.76. The Bertz CT molecular complexity index is 1380. The summed E-state index contributed by atoms with van der Waals surface area (Å²) in [7, 11) is -3.57. The van der Waals surface area contributed by atoms with E-state index in [-0.39, 0.29) is 4.90 Å². The van der Waals surface area contributed by atoms with Gasteiger partial charge in [-0.15, -0.1) is 0 Å². The summed E-state index contributed by atoms with van der Waals surface area (Å²) in [6.45, 7) is 3.80. The molecule has 0 aliphatic carbocycles. The van der Waals surface area contributed by atoms with Crippen molar-refractivity contribution >= 4 is 38.5 Å². The van der Waals surface area contributed by atoms with E-state index >= 15 is 0 Å². The molecule has 33 heavy (non-hydrogen) atoms. The van der Waals surface area contributed by atoms with E-state index in [9.17, 15) is 8.42 Å². The van der Waals surface area contributed by atoms with Crippen molar-refractivity contribution in [3.05, 3.63) is 71.6 Å². The molecule has 0 N–H and O–H groups in total. The Morgan fingerprint density at radius 3 is 2.30 bits per heavy atom. The zero-order valence-electron chi connectivity index (χ0n) is 18.1. The summed E-state index contributed by atoms with van der Waals surface area (Å²) < 4.78 is 29.4. The monoisotopic (exact) mass is 482 g/mol. The average Bonchev–Trinajstić information content (AvgIpc) is 3.28. The third-order valence-corrected chi connectivity index (χ3v) is 7.93. The van der Waals surface area contributed by atoms with Crippen LogP contribution in [0.3, 0.4) is 0 Å². The Labute approximate surface area is 197 Å². The molecule has 8 nitrogen and oxygen atoms in total. The fraction of sp³-hybridized carbons (Fsp3) is 0.261. The molecule has 2 aromatic carbocycles. The highest BCUT2D eigenvalue weighted by Gasteiger charge is 2.30. The quantitative estimate of drug-likeness (QED) is 0.432. The van der Waals surface area contributed by atoms with Crippen molar-refractivity contribution in [2.24, 2.45) is 0 Å². The molecule has 1 saturated heterocycles. The number of hydrogen-bond donors (Lipinski definition) is 0. The number of piperazine rings is 1. The molecule has 0 unspecified atom stereocenters. The number of nitrogens with zero attached hydrogens (tertiary/aromatic N) is 6. The lowest BCUT2D eigenvalue weighted by Gasteiger charge is -2.35. The van der Waals surface area contributed by atoms with Crippen LogP contribution in [0.5, 0.6) is 0 Å². The van der Waals surface area contributed by atoms with E-state index in [1.165, 1.54) is 4.31 Å². The Kier molecular flexibility index (Phi) is 5.77. The molecule has 1 aliphatic rings. The van der Waals surface area contributed by atoms with E-state index in [0.29, 0.717) is 37.6 Å². The van der Waals surface area contributed by atoms with Crippen LogP contribution in [-0.4, -0.2) is 58.7 Å². The second-order valence-electron chi connectivity index (χ2n) is 7.79. The molecule has 0 saturated carbocycles. The highest BCUT2D eigenvalue weighted by atomic mass is 35.5. The first kappa shape index (κ1) is 21.8. The summed E-state index contributed by atoms with van der Waals surface area (Å²) >= 11 is 5.91. The van der Waals surface area contributed by atoms with E-state index < -0.39 is 10.0 Å². The van der Waals surface area contributed by atoms with Gasteiger partial charge in [0.2, 0.25) is 10.0 Å². The zero-order chi connectivity index (χ0) is 23.0. The van der Waals surface area contributed by atoms with Gasteiger partial charge in [0, 0.05) is 37.6 Å². The second kappa shape index (κ2) is 8.74. The molecule has 4 aromatic rings. The van der Waals surface area contributed by atoms with E-state index in [4.69, 9.17) is 21.6 Å².